The Morgan fingerprint density at radius 1 is 1.20 bits per heavy atom. The van der Waals surface area contributed by atoms with E-state index < -0.39 is 0 Å². The third-order valence-corrected chi connectivity index (χ3v) is 3.90. The molecule has 114 valence electrons. The lowest BCUT2D eigenvalue weighted by Gasteiger charge is -2.21. The van der Waals surface area contributed by atoms with Crippen LogP contribution in [0, 0.1) is 5.82 Å². The highest BCUT2D eigenvalue weighted by Gasteiger charge is 2.12. The van der Waals surface area contributed by atoms with Gasteiger partial charge in [0.05, 0.1) is 0 Å². The number of benzene rings is 1. The van der Waals surface area contributed by atoms with E-state index in [1.807, 2.05) is 12.1 Å². The highest BCUT2D eigenvalue weighted by atomic mass is 19.1. The van der Waals surface area contributed by atoms with Gasteiger partial charge in [-0.1, -0.05) is 25.1 Å². The van der Waals surface area contributed by atoms with Crippen molar-refractivity contribution >= 4 is 0 Å². The molecule has 0 spiro atoms. The van der Waals surface area contributed by atoms with Crippen LogP contribution in [-0.4, -0.2) is 31.1 Å². The first kappa shape index (κ1) is 17.1. The molecule has 1 atom stereocenters. The van der Waals surface area contributed by atoms with Crippen LogP contribution in [0.5, 0.6) is 0 Å². The molecular weight excluding hydrogens is 251 g/mol. The Bertz CT molecular complexity index is 379. The largest absolute Gasteiger partial charge is 0.310 e. The fourth-order valence-corrected chi connectivity index (χ4v) is 2.25. The van der Waals surface area contributed by atoms with Gasteiger partial charge in [0, 0.05) is 17.6 Å². The summed E-state index contributed by atoms with van der Waals surface area (Å²) >= 11 is 0. The first-order valence-corrected chi connectivity index (χ1v) is 7.74. The lowest BCUT2D eigenvalue weighted by Crippen LogP contribution is -2.28. The van der Waals surface area contributed by atoms with Gasteiger partial charge in [-0.3, -0.25) is 0 Å². The molecule has 2 nitrogen and oxygen atoms in total. The number of hydrogen-bond acceptors (Lipinski definition) is 2. The normalized spacial score (nSPS) is 13.2. The van der Waals surface area contributed by atoms with E-state index in [9.17, 15) is 4.39 Å². The molecule has 0 radical (unpaired) electrons. The van der Waals surface area contributed by atoms with Crippen LogP contribution in [0.25, 0.3) is 0 Å². The predicted molar refractivity (Wildman–Crippen MR) is 84.4 cm³/mol. The number of nitrogens with zero attached hydrogens (tertiary/aromatic N) is 1. The van der Waals surface area contributed by atoms with Crippen molar-refractivity contribution in [2.75, 3.05) is 20.1 Å². The van der Waals surface area contributed by atoms with Gasteiger partial charge in [-0.15, -0.1) is 0 Å². The molecule has 0 bridgehead atoms. The smallest absolute Gasteiger partial charge is 0.127 e. The summed E-state index contributed by atoms with van der Waals surface area (Å²) in [5, 5.41) is 3.47. The van der Waals surface area contributed by atoms with E-state index in [1.165, 1.54) is 12.5 Å². The van der Waals surface area contributed by atoms with E-state index >= 15 is 0 Å². The average molecular weight is 280 g/mol. The molecule has 1 rings (SSSR count). The Labute approximate surface area is 123 Å². The molecule has 0 saturated carbocycles. The quantitative estimate of drug-likeness (QED) is 0.688. The third kappa shape index (κ3) is 5.59. The average Bonchev–Trinajstić information content (AvgIpc) is 2.43. The SMILES string of the molecule is CCC(NCCCCN(C)C(C)C)c1ccccc1F. The molecular formula is C17H29FN2. The van der Waals surface area contributed by atoms with Crippen molar-refractivity contribution in [3.8, 4) is 0 Å². The Morgan fingerprint density at radius 3 is 2.50 bits per heavy atom. The van der Waals surface area contributed by atoms with Gasteiger partial charge in [0.2, 0.25) is 0 Å². The Morgan fingerprint density at radius 2 is 1.90 bits per heavy atom. The van der Waals surface area contributed by atoms with Crippen LogP contribution in [0.15, 0.2) is 24.3 Å². The van der Waals surface area contributed by atoms with E-state index in [4.69, 9.17) is 0 Å². The van der Waals surface area contributed by atoms with E-state index in [0.717, 1.165) is 31.5 Å². The summed E-state index contributed by atoms with van der Waals surface area (Å²) in [5.74, 6) is -0.105. The molecule has 0 saturated heterocycles. The molecule has 3 heteroatoms. The highest BCUT2D eigenvalue weighted by molar-refractivity contribution is 5.20. The van der Waals surface area contributed by atoms with Crippen molar-refractivity contribution in [1.82, 2.24) is 10.2 Å². The Balaban J connectivity index is 2.31. The minimum Gasteiger partial charge on any atom is -0.310 e. The summed E-state index contributed by atoms with van der Waals surface area (Å²) in [5.41, 5.74) is 0.786. The Kier molecular flexibility index (Phi) is 7.78. The second-order valence-electron chi connectivity index (χ2n) is 5.72. The molecule has 0 aromatic heterocycles. The zero-order valence-corrected chi connectivity index (χ0v) is 13.3. The molecule has 1 aromatic carbocycles. The van der Waals surface area contributed by atoms with Crippen molar-refractivity contribution in [3.63, 3.8) is 0 Å². The predicted octanol–water partition coefficient (Wildman–Crippen LogP) is 3.99. The number of halogens is 1. The van der Waals surface area contributed by atoms with Crippen molar-refractivity contribution in [2.24, 2.45) is 0 Å². The van der Waals surface area contributed by atoms with Crippen molar-refractivity contribution < 1.29 is 4.39 Å². The van der Waals surface area contributed by atoms with Crippen LogP contribution in [0.3, 0.4) is 0 Å². The summed E-state index contributed by atoms with van der Waals surface area (Å²) < 4.78 is 13.8. The second kappa shape index (κ2) is 9.09. The molecule has 0 amide bonds. The van der Waals surface area contributed by atoms with E-state index in [1.54, 1.807) is 6.07 Å². The standard InChI is InChI=1S/C17H29FN2/c1-5-17(15-10-6-7-11-16(15)18)19-12-8-9-13-20(4)14(2)3/h6-7,10-11,14,17,19H,5,8-9,12-13H2,1-4H3. The zero-order valence-electron chi connectivity index (χ0n) is 13.3. The van der Waals surface area contributed by atoms with Gasteiger partial charge in [0.25, 0.3) is 0 Å². The topological polar surface area (TPSA) is 15.3 Å². The van der Waals surface area contributed by atoms with E-state index in [-0.39, 0.29) is 11.9 Å². The molecule has 1 N–H and O–H groups in total. The number of rotatable bonds is 9. The van der Waals surface area contributed by atoms with Gasteiger partial charge in [0.15, 0.2) is 0 Å². The van der Waals surface area contributed by atoms with Gasteiger partial charge < -0.3 is 10.2 Å². The van der Waals surface area contributed by atoms with Crippen LogP contribution in [0.4, 0.5) is 4.39 Å². The van der Waals surface area contributed by atoms with Crippen molar-refractivity contribution in [2.45, 2.75) is 52.1 Å². The fraction of sp³-hybridized carbons (Fsp3) is 0.647. The van der Waals surface area contributed by atoms with Gasteiger partial charge in [-0.25, -0.2) is 4.39 Å². The van der Waals surface area contributed by atoms with Crippen LogP contribution < -0.4 is 5.32 Å². The summed E-state index contributed by atoms with van der Waals surface area (Å²) in [6.07, 6.45) is 3.21. The molecule has 0 aliphatic carbocycles. The minimum atomic E-state index is -0.105. The van der Waals surface area contributed by atoms with E-state index in [2.05, 4.69) is 38.0 Å². The van der Waals surface area contributed by atoms with Crippen molar-refractivity contribution in [3.05, 3.63) is 35.6 Å². The van der Waals surface area contributed by atoms with Crippen molar-refractivity contribution in [1.29, 1.82) is 0 Å². The van der Waals surface area contributed by atoms with Gasteiger partial charge >= 0.3 is 0 Å². The lowest BCUT2D eigenvalue weighted by molar-refractivity contribution is 0.267. The monoisotopic (exact) mass is 280 g/mol. The summed E-state index contributed by atoms with van der Waals surface area (Å²) in [6.45, 7) is 8.58. The highest BCUT2D eigenvalue weighted by Crippen LogP contribution is 2.19. The second-order valence-corrected chi connectivity index (χ2v) is 5.72. The molecule has 20 heavy (non-hydrogen) atoms. The number of unbranched alkanes of at least 4 members (excludes halogenated alkanes) is 1. The van der Waals surface area contributed by atoms with Gasteiger partial charge in [0.1, 0.15) is 5.82 Å². The third-order valence-electron chi connectivity index (χ3n) is 3.90. The zero-order chi connectivity index (χ0) is 15.0. The maximum Gasteiger partial charge on any atom is 0.127 e. The van der Waals surface area contributed by atoms with Gasteiger partial charge in [-0.05, 0) is 59.3 Å². The number of hydrogen-bond donors (Lipinski definition) is 1. The maximum absolute atomic E-state index is 13.8. The summed E-state index contributed by atoms with van der Waals surface area (Å²) in [7, 11) is 2.16. The van der Waals surface area contributed by atoms with Crippen LogP contribution in [0.1, 0.15) is 51.6 Å². The first-order valence-electron chi connectivity index (χ1n) is 7.74. The molecule has 0 heterocycles. The van der Waals surface area contributed by atoms with E-state index in [0.29, 0.717) is 6.04 Å². The fourth-order valence-electron chi connectivity index (χ4n) is 2.25. The molecule has 1 unspecified atom stereocenters. The first-order chi connectivity index (χ1) is 9.56. The van der Waals surface area contributed by atoms with Gasteiger partial charge in [-0.2, -0.15) is 0 Å². The molecule has 0 aliphatic heterocycles. The summed E-state index contributed by atoms with van der Waals surface area (Å²) in [4.78, 5) is 2.36. The van der Waals surface area contributed by atoms with Crippen LogP contribution in [-0.2, 0) is 0 Å². The minimum absolute atomic E-state index is 0.105. The molecule has 1 aromatic rings. The van der Waals surface area contributed by atoms with Crippen LogP contribution >= 0.6 is 0 Å². The number of nitrogens with one attached hydrogen (secondary N) is 1. The maximum atomic E-state index is 13.8. The summed E-state index contributed by atoms with van der Waals surface area (Å²) in [6, 6.07) is 7.79. The Hall–Kier alpha value is -0.930. The van der Waals surface area contributed by atoms with Crippen LogP contribution in [0.2, 0.25) is 0 Å². The lowest BCUT2D eigenvalue weighted by atomic mass is 10.0. The molecule has 0 fully saturated rings. The molecule has 0 aliphatic rings.